The summed E-state index contributed by atoms with van der Waals surface area (Å²) >= 11 is 0. The maximum absolute atomic E-state index is 13.3. The van der Waals surface area contributed by atoms with Crippen LogP contribution in [0.15, 0.2) is 106 Å². The van der Waals surface area contributed by atoms with Gasteiger partial charge in [-0.1, -0.05) is 72.8 Å². The summed E-state index contributed by atoms with van der Waals surface area (Å²) in [6.45, 7) is 3.38. The van der Waals surface area contributed by atoms with Gasteiger partial charge in [0.2, 0.25) is 0 Å². The van der Waals surface area contributed by atoms with Gasteiger partial charge < -0.3 is 8.83 Å². The van der Waals surface area contributed by atoms with Crippen LogP contribution < -0.4 is 0 Å². The van der Waals surface area contributed by atoms with Crippen LogP contribution in [0.25, 0.3) is 66.7 Å². The highest BCUT2D eigenvalue weighted by atomic mass is 19.4. The Balaban J connectivity index is 1.49. The molecule has 5 aromatic carbocycles. The smallest absolute Gasteiger partial charge is 0.416 e. The van der Waals surface area contributed by atoms with Crippen molar-refractivity contribution in [2.24, 2.45) is 0 Å². The number of nitrogens with zero attached hydrogens (tertiary/aromatic N) is 2. The number of halogens is 6. The number of aryl methyl sites for hydroxylation is 2. The molecule has 0 spiro atoms. The second-order valence-corrected chi connectivity index (χ2v) is 10.8. The van der Waals surface area contributed by atoms with E-state index in [2.05, 4.69) is 0 Å². The molecular weight excluding hydrogens is 606 g/mol. The normalized spacial score (nSPS) is 12.3. The van der Waals surface area contributed by atoms with E-state index in [9.17, 15) is 26.3 Å². The van der Waals surface area contributed by atoms with E-state index in [-0.39, 0.29) is 0 Å². The third-order valence-corrected chi connectivity index (χ3v) is 7.84. The van der Waals surface area contributed by atoms with Crippen molar-refractivity contribution in [3.8, 4) is 44.5 Å². The van der Waals surface area contributed by atoms with Crippen LogP contribution in [0.2, 0.25) is 0 Å². The lowest BCUT2D eigenvalue weighted by Crippen LogP contribution is -2.04. The van der Waals surface area contributed by atoms with Crippen molar-refractivity contribution in [2.75, 3.05) is 0 Å². The minimum absolute atomic E-state index is 0.348. The van der Waals surface area contributed by atoms with Crippen molar-refractivity contribution >= 4 is 22.2 Å². The van der Waals surface area contributed by atoms with E-state index in [0.717, 1.165) is 24.3 Å². The minimum Gasteiger partial charge on any atom is -0.440 e. The van der Waals surface area contributed by atoms with Crippen molar-refractivity contribution < 1.29 is 35.2 Å². The maximum Gasteiger partial charge on any atom is 0.416 e. The summed E-state index contributed by atoms with van der Waals surface area (Å²) in [7, 11) is 0. The Labute approximate surface area is 258 Å². The Morgan fingerprint density at radius 3 is 1.11 bits per heavy atom. The van der Waals surface area contributed by atoms with Crippen LogP contribution in [0.3, 0.4) is 0 Å². The summed E-state index contributed by atoms with van der Waals surface area (Å²) in [5.41, 5.74) is 4.92. The van der Waals surface area contributed by atoms with Crippen LogP contribution in [-0.4, -0.2) is 9.97 Å². The first-order chi connectivity index (χ1) is 21.9. The summed E-state index contributed by atoms with van der Waals surface area (Å²) in [4.78, 5) is 9.46. The number of rotatable bonds is 4. The Kier molecular flexibility index (Phi) is 6.77. The largest absolute Gasteiger partial charge is 0.440 e. The standard InChI is InChI=1S/C36H22F6N2O2/c1-19-43-31-29(27-9-5-3-7-25(27)21-11-15-23(16-12-21)35(37,38)39)34-32(44-20(2)46-34)30(33(31)45-19)28-10-6-4-8-26(28)22-13-17-24(18-14-22)36(40,41)42/h3-18H,1-2H3. The van der Waals surface area contributed by atoms with Gasteiger partial charge in [-0.15, -0.1) is 0 Å². The third-order valence-electron chi connectivity index (χ3n) is 7.84. The van der Waals surface area contributed by atoms with Gasteiger partial charge >= 0.3 is 12.4 Å². The van der Waals surface area contributed by atoms with Crippen LogP contribution in [0.1, 0.15) is 22.9 Å². The number of hydrogen-bond acceptors (Lipinski definition) is 4. The summed E-state index contributed by atoms with van der Waals surface area (Å²) in [6, 6.07) is 24.3. The van der Waals surface area contributed by atoms with Gasteiger partial charge in [0.05, 0.1) is 22.3 Å². The molecular formula is C36H22F6N2O2. The minimum atomic E-state index is -4.47. The molecule has 0 radical (unpaired) electrons. The second-order valence-electron chi connectivity index (χ2n) is 10.8. The number of fused-ring (bicyclic) bond motifs is 2. The zero-order chi connectivity index (χ0) is 32.4. The monoisotopic (exact) mass is 628 g/mol. The quantitative estimate of drug-likeness (QED) is 0.182. The van der Waals surface area contributed by atoms with Crippen LogP contribution in [0.4, 0.5) is 26.3 Å². The van der Waals surface area contributed by atoms with Crippen LogP contribution in [0, 0.1) is 13.8 Å². The van der Waals surface area contributed by atoms with Gasteiger partial charge in [0.25, 0.3) is 0 Å². The molecule has 2 aromatic heterocycles. The van der Waals surface area contributed by atoms with Gasteiger partial charge in [0, 0.05) is 13.8 Å². The Morgan fingerprint density at radius 2 is 0.783 bits per heavy atom. The third kappa shape index (κ3) is 4.99. The van der Waals surface area contributed by atoms with Gasteiger partial charge in [0.15, 0.2) is 22.9 Å². The Morgan fingerprint density at radius 1 is 0.457 bits per heavy atom. The van der Waals surface area contributed by atoms with Crippen molar-refractivity contribution in [2.45, 2.75) is 26.2 Å². The molecule has 0 saturated carbocycles. The molecule has 0 atom stereocenters. The predicted octanol–water partition coefficient (Wildman–Crippen LogP) is 11.3. The fraction of sp³-hybridized carbons (Fsp3) is 0.111. The first kappa shape index (κ1) is 29.3. The molecule has 46 heavy (non-hydrogen) atoms. The van der Waals surface area contributed by atoms with Crippen LogP contribution in [-0.2, 0) is 12.4 Å². The lowest BCUT2D eigenvalue weighted by atomic mass is 9.89. The summed E-state index contributed by atoms with van der Waals surface area (Å²) < 4.78 is 92.3. The summed E-state index contributed by atoms with van der Waals surface area (Å²) in [6.07, 6.45) is -8.95. The van der Waals surface area contributed by atoms with Crippen molar-refractivity contribution in [1.29, 1.82) is 0 Å². The van der Waals surface area contributed by atoms with E-state index in [1.807, 2.05) is 24.3 Å². The van der Waals surface area contributed by atoms with Gasteiger partial charge in [-0.3, -0.25) is 0 Å². The number of oxazole rings is 2. The predicted molar refractivity (Wildman–Crippen MR) is 163 cm³/mol. The molecule has 7 rings (SSSR count). The number of alkyl halides is 6. The fourth-order valence-corrected chi connectivity index (χ4v) is 5.83. The van der Waals surface area contributed by atoms with Crippen molar-refractivity contribution in [3.05, 3.63) is 120 Å². The number of aromatic nitrogens is 2. The van der Waals surface area contributed by atoms with Crippen molar-refractivity contribution in [3.63, 3.8) is 0 Å². The zero-order valence-corrected chi connectivity index (χ0v) is 24.2. The van der Waals surface area contributed by atoms with Gasteiger partial charge in [-0.05, 0) is 57.6 Å². The number of benzene rings is 5. The maximum atomic E-state index is 13.3. The van der Waals surface area contributed by atoms with Crippen LogP contribution >= 0.6 is 0 Å². The highest BCUT2D eigenvalue weighted by Crippen LogP contribution is 2.48. The van der Waals surface area contributed by atoms with E-state index in [1.54, 1.807) is 38.1 Å². The lowest BCUT2D eigenvalue weighted by Gasteiger charge is -2.15. The molecule has 10 heteroatoms. The molecule has 0 unspecified atom stereocenters. The molecule has 0 aliphatic carbocycles. The SMILES string of the molecule is Cc1nc2c(-c3ccccc3-c3ccc(C(F)(F)F)cc3)c3oc(C)nc3c(-c3ccccc3-c3ccc(C(F)(F)F)cc3)c2o1. The molecule has 0 aliphatic heterocycles. The van der Waals surface area contributed by atoms with E-state index < -0.39 is 23.5 Å². The van der Waals surface area contributed by atoms with Gasteiger partial charge in [-0.25, -0.2) is 9.97 Å². The Bertz CT molecular complexity index is 2030. The lowest BCUT2D eigenvalue weighted by molar-refractivity contribution is -0.138. The summed E-state index contributed by atoms with van der Waals surface area (Å²) in [5.74, 6) is 0.696. The molecule has 4 nitrogen and oxygen atoms in total. The Hall–Kier alpha value is -5.38. The highest BCUT2D eigenvalue weighted by molar-refractivity contribution is 6.18. The van der Waals surface area contributed by atoms with Crippen LogP contribution in [0.5, 0.6) is 0 Å². The van der Waals surface area contributed by atoms with Gasteiger partial charge in [-0.2, -0.15) is 26.3 Å². The van der Waals surface area contributed by atoms with E-state index >= 15 is 0 Å². The molecule has 0 fully saturated rings. The summed E-state index contributed by atoms with van der Waals surface area (Å²) in [5, 5.41) is 0. The van der Waals surface area contributed by atoms with Gasteiger partial charge in [0.1, 0.15) is 11.0 Å². The molecule has 0 bridgehead atoms. The first-order valence-corrected chi connectivity index (χ1v) is 14.1. The molecule has 7 aromatic rings. The van der Waals surface area contributed by atoms with E-state index in [1.165, 1.54) is 24.3 Å². The topological polar surface area (TPSA) is 52.1 Å². The average Bonchev–Trinajstić information content (AvgIpc) is 3.60. The first-order valence-electron chi connectivity index (χ1n) is 14.1. The molecule has 0 amide bonds. The van der Waals surface area contributed by atoms with E-state index in [0.29, 0.717) is 78.5 Å². The van der Waals surface area contributed by atoms with Crippen molar-refractivity contribution in [1.82, 2.24) is 9.97 Å². The molecule has 230 valence electrons. The highest BCUT2D eigenvalue weighted by Gasteiger charge is 2.32. The second kappa shape index (κ2) is 10.6. The molecule has 2 heterocycles. The molecule has 0 saturated heterocycles. The fourth-order valence-electron chi connectivity index (χ4n) is 5.83. The molecule has 0 N–H and O–H groups in total. The average molecular weight is 629 g/mol. The number of hydrogen-bond donors (Lipinski definition) is 0. The zero-order valence-electron chi connectivity index (χ0n) is 24.2. The molecule has 0 aliphatic rings. The van der Waals surface area contributed by atoms with E-state index in [4.69, 9.17) is 18.8 Å².